The fraction of sp³-hybridized carbons (Fsp3) is 1.00. The molecule has 0 aromatic heterocycles. The number of aliphatic hydroxyl groups excluding tert-OH is 1. The lowest BCUT2D eigenvalue weighted by molar-refractivity contribution is 0.0492. The Morgan fingerprint density at radius 2 is 1.74 bits per heavy atom. The molecule has 0 spiro atoms. The fourth-order valence-electron chi connectivity index (χ4n) is 3.59. The second-order valence-corrected chi connectivity index (χ2v) is 6.36. The predicted molar refractivity (Wildman–Crippen MR) is 80.4 cm³/mol. The van der Waals surface area contributed by atoms with E-state index >= 15 is 0 Å². The van der Waals surface area contributed by atoms with Crippen LogP contribution in [0.15, 0.2) is 0 Å². The summed E-state index contributed by atoms with van der Waals surface area (Å²) in [5.41, 5.74) is 0. The van der Waals surface area contributed by atoms with E-state index in [2.05, 4.69) is 17.1 Å². The van der Waals surface area contributed by atoms with Crippen molar-refractivity contribution in [1.82, 2.24) is 10.2 Å². The van der Waals surface area contributed by atoms with Gasteiger partial charge in [-0.15, -0.1) is 0 Å². The van der Waals surface area contributed by atoms with Crippen LogP contribution in [0.1, 0.15) is 64.7 Å². The van der Waals surface area contributed by atoms with E-state index in [1.807, 2.05) is 0 Å². The van der Waals surface area contributed by atoms with Crippen LogP contribution in [0.4, 0.5) is 0 Å². The van der Waals surface area contributed by atoms with Crippen LogP contribution in [0.25, 0.3) is 0 Å². The van der Waals surface area contributed by atoms with Crippen molar-refractivity contribution in [1.29, 1.82) is 0 Å². The third-order valence-electron chi connectivity index (χ3n) is 4.97. The highest BCUT2D eigenvalue weighted by Gasteiger charge is 2.32. The van der Waals surface area contributed by atoms with Crippen molar-refractivity contribution in [2.75, 3.05) is 19.7 Å². The van der Waals surface area contributed by atoms with Crippen LogP contribution in [0.5, 0.6) is 0 Å². The maximum absolute atomic E-state index is 9.09. The minimum Gasteiger partial charge on any atom is -0.396 e. The van der Waals surface area contributed by atoms with E-state index in [0.717, 1.165) is 31.1 Å². The van der Waals surface area contributed by atoms with E-state index in [9.17, 15) is 0 Å². The van der Waals surface area contributed by atoms with Gasteiger partial charge in [0.25, 0.3) is 0 Å². The molecule has 0 bridgehead atoms. The minimum absolute atomic E-state index is 0.344. The third-order valence-corrected chi connectivity index (χ3v) is 4.97. The number of hydrogen-bond acceptors (Lipinski definition) is 3. The van der Waals surface area contributed by atoms with Crippen LogP contribution in [-0.2, 0) is 0 Å². The summed E-state index contributed by atoms with van der Waals surface area (Å²) in [4.78, 5) is 2.73. The standard InChI is InChI=1S/C16H32N2O/c1-2-11-17-14-7-9-16(10-8-14)18(12-4-13-19)15-5-3-6-15/h14-17,19H,2-13H2,1H3. The van der Waals surface area contributed by atoms with Gasteiger partial charge in [0.05, 0.1) is 0 Å². The van der Waals surface area contributed by atoms with Crippen LogP contribution in [0.2, 0.25) is 0 Å². The molecule has 0 aromatic rings. The van der Waals surface area contributed by atoms with Crippen molar-refractivity contribution in [2.45, 2.75) is 82.8 Å². The Labute approximate surface area is 118 Å². The first kappa shape index (κ1) is 15.3. The van der Waals surface area contributed by atoms with Crippen molar-refractivity contribution in [3.63, 3.8) is 0 Å². The lowest BCUT2D eigenvalue weighted by atomic mass is 9.85. The quantitative estimate of drug-likeness (QED) is 0.710. The molecule has 2 aliphatic rings. The molecule has 0 radical (unpaired) electrons. The molecule has 112 valence electrons. The zero-order valence-electron chi connectivity index (χ0n) is 12.6. The zero-order valence-corrected chi connectivity index (χ0v) is 12.6. The molecule has 0 saturated heterocycles. The summed E-state index contributed by atoms with van der Waals surface area (Å²) in [6, 6.07) is 2.38. The molecule has 0 atom stereocenters. The molecule has 2 rings (SSSR count). The Balaban J connectivity index is 1.76. The molecular weight excluding hydrogens is 236 g/mol. The second kappa shape index (κ2) is 8.23. The average molecular weight is 268 g/mol. The second-order valence-electron chi connectivity index (χ2n) is 6.36. The van der Waals surface area contributed by atoms with Gasteiger partial charge in [-0.05, 0) is 57.9 Å². The van der Waals surface area contributed by atoms with E-state index in [-0.39, 0.29) is 0 Å². The largest absolute Gasteiger partial charge is 0.396 e. The first-order chi connectivity index (χ1) is 9.35. The molecule has 3 heteroatoms. The number of rotatable bonds is 8. The van der Waals surface area contributed by atoms with Crippen LogP contribution >= 0.6 is 0 Å². The summed E-state index contributed by atoms with van der Waals surface area (Å²) < 4.78 is 0. The predicted octanol–water partition coefficient (Wildman–Crippen LogP) is 2.53. The summed E-state index contributed by atoms with van der Waals surface area (Å²) in [7, 11) is 0. The maximum Gasteiger partial charge on any atom is 0.0443 e. The van der Waals surface area contributed by atoms with E-state index < -0.39 is 0 Å². The molecular formula is C16H32N2O. The highest BCUT2D eigenvalue weighted by molar-refractivity contribution is 4.89. The molecule has 0 heterocycles. The van der Waals surface area contributed by atoms with Gasteiger partial charge in [-0.2, -0.15) is 0 Å². The van der Waals surface area contributed by atoms with Gasteiger partial charge < -0.3 is 10.4 Å². The summed E-state index contributed by atoms with van der Waals surface area (Å²) in [6.45, 7) is 4.87. The van der Waals surface area contributed by atoms with Crippen molar-refractivity contribution in [2.24, 2.45) is 0 Å². The van der Waals surface area contributed by atoms with Crippen LogP contribution in [0.3, 0.4) is 0 Å². The van der Waals surface area contributed by atoms with Gasteiger partial charge in [0.1, 0.15) is 0 Å². The molecule has 2 fully saturated rings. The lowest BCUT2D eigenvalue weighted by Gasteiger charge is -2.45. The smallest absolute Gasteiger partial charge is 0.0443 e. The zero-order chi connectivity index (χ0) is 13.5. The van der Waals surface area contributed by atoms with Crippen molar-refractivity contribution < 1.29 is 5.11 Å². The topological polar surface area (TPSA) is 35.5 Å². The Morgan fingerprint density at radius 3 is 2.26 bits per heavy atom. The number of nitrogens with zero attached hydrogens (tertiary/aromatic N) is 1. The Bertz CT molecular complexity index is 235. The molecule has 3 nitrogen and oxygen atoms in total. The van der Waals surface area contributed by atoms with Gasteiger partial charge in [0.15, 0.2) is 0 Å². The highest BCUT2D eigenvalue weighted by Crippen LogP contribution is 2.32. The van der Waals surface area contributed by atoms with Gasteiger partial charge in [0.2, 0.25) is 0 Å². The Morgan fingerprint density at radius 1 is 1.05 bits per heavy atom. The summed E-state index contributed by atoms with van der Waals surface area (Å²) in [5.74, 6) is 0. The van der Waals surface area contributed by atoms with E-state index in [1.165, 1.54) is 57.9 Å². The van der Waals surface area contributed by atoms with Crippen LogP contribution < -0.4 is 5.32 Å². The number of nitrogens with one attached hydrogen (secondary N) is 1. The van der Waals surface area contributed by atoms with E-state index in [0.29, 0.717) is 6.61 Å². The number of aliphatic hydroxyl groups is 1. The Hall–Kier alpha value is -0.120. The van der Waals surface area contributed by atoms with Crippen molar-refractivity contribution >= 4 is 0 Å². The molecule has 2 aliphatic carbocycles. The third kappa shape index (κ3) is 4.44. The minimum atomic E-state index is 0.344. The SMILES string of the molecule is CCCNC1CCC(N(CCCO)C2CCC2)CC1. The number of hydrogen-bond donors (Lipinski definition) is 2. The maximum atomic E-state index is 9.09. The van der Waals surface area contributed by atoms with Crippen molar-refractivity contribution in [3.05, 3.63) is 0 Å². The molecule has 0 aliphatic heterocycles. The molecule has 0 unspecified atom stereocenters. The average Bonchev–Trinajstić information content (AvgIpc) is 2.39. The van der Waals surface area contributed by atoms with E-state index in [4.69, 9.17) is 5.11 Å². The van der Waals surface area contributed by atoms with E-state index in [1.54, 1.807) is 0 Å². The Kier molecular flexibility index (Phi) is 6.62. The first-order valence-electron chi connectivity index (χ1n) is 8.45. The molecule has 2 saturated carbocycles. The molecule has 0 aromatic carbocycles. The summed E-state index contributed by atoms with van der Waals surface area (Å²) in [5, 5.41) is 12.8. The van der Waals surface area contributed by atoms with Gasteiger partial charge in [-0.1, -0.05) is 13.3 Å². The van der Waals surface area contributed by atoms with Gasteiger partial charge in [-0.25, -0.2) is 0 Å². The molecule has 0 amide bonds. The van der Waals surface area contributed by atoms with Gasteiger partial charge in [-0.3, -0.25) is 4.90 Å². The summed E-state index contributed by atoms with van der Waals surface area (Å²) in [6.07, 6.45) is 11.8. The normalized spacial score (nSPS) is 28.6. The fourth-order valence-corrected chi connectivity index (χ4v) is 3.59. The van der Waals surface area contributed by atoms with Crippen LogP contribution in [0, 0.1) is 0 Å². The van der Waals surface area contributed by atoms with Crippen molar-refractivity contribution in [3.8, 4) is 0 Å². The highest BCUT2D eigenvalue weighted by atomic mass is 16.3. The molecule has 19 heavy (non-hydrogen) atoms. The molecule has 2 N–H and O–H groups in total. The van der Waals surface area contributed by atoms with Gasteiger partial charge >= 0.3 is 0 Å². The van der Waals surface area contributed by atoms with Gasteiger partial charge in [0, 0.05) is 31.3 Å². The lowest BCUT2D eigenvalue weighted by Crippen LogP contribution is -2.50. The summed E-state index contributed by atoms with van der Waals surface area (Å²) >= 11 is 0. The van der Waals surface area contributed by atoms with Crippen LogP contribution in [-0.4, -0.2) is 47.8 Å². The first-order valence-corrected chi connectivity index (χ1v) is 8.45. The monoisotopic (exact) mass is 268 g/mol.